The van der Waals surface area contributed by atoms with E-state index in [2.05, 4.69) is 15.9 Å². The minimum atomic E-state index is -0.956. The van der Waals surface area contributed by atoms with E-state index in [1.807, 2.05) is 0 Å². The Morgan fingerprint density at radius 3 is 2.26 bits per heavy atom. The predicted molar refractivity (Wildman–Crippen MR) is 71.1 cm³/mol. The first-order valence-corrected chi connectivity index (χ1v) is 6.75. The molecule has 0 N–H and O–H groups in total. The van der Waals surface area contributed by atoms with Crippen LogP contribution in [0.2, 0.25) is 0 Å². The van der Waals surface area contributed by atoms with E-state index >= 15 is 0 Å². The first-order valence-electron chi connectivity index (χ1n) is 5.63. The Morgan fingerprint density at radius 1 is 1.00 bits per heavy atom. The number of carbonyl (C=O) groups is 3. The second-order valence-corrected chi connectivity index (χ2v) is 4.28. The topological polar surface area (TPSA) is 69.7 Å². The van der Waals surface area contributed by atoms with Crippen molar-refractivity contribution in [2.24, 2.45) is 0 Å². The highest BCUT2D eigenvalue weighted by molar-refractivity contribution is 9.09. The molecule has 0 aliphatic carbocycles. The van der Waals surface area contributed by atoms with E-state index < -0.39 is 11.8 Å². The number of hydrogen-bond acceptors (Lipinski definition) is 5. The summed E-state index contributed by atoms with van der Waals surface area (Å²) < 4.78 is 9.47. The average molecular weight is 329 g/mol. The molecule has 0 atom stereocenters. The molecule has 0 radical (unpaired) electrons. The second-order valence-electron chi connectivity index (χ2n) is 3.49. The lowest BCUT2D eigenvalue weighted by atomic mass is 10.1. The molecule has 0 spiro atoms. The summed E-state index contributed by atoms with van der Waals surface area (Å²) in [5.41, 5.74) is 0.267. The Labute approximate surface area is 119 Å². The van der Waals surface area contributed by atoms with Crippen molar-refractivity contribution in [3.8, 4) is 0 Å². The van der Waals surface area contributed by atoms with Gasteiger partial charge in [-0.05, 0) is 0 Å². The number of ether oxygens (including phenoxy) is 2. The Morgan fingerprint density at radius 2 is 1.63 bits per heavy atom. The summed E-state index contributed by atoms with van der Waals surface area (Å²) >= 11 is 3.10. The fourth-order valence-corrected chi connectivity index (χ4v) is 1.54. The van der Waals surface area contributed by atoms with Crippen LogP contribution in [0, 0.1) is 0 Å². The van der Waals surface area contributed by atoms with Gasteiger partial charge in [0.2, 0.25) is 0 Å². The van der Waals surface area contributed by atoms with Gasteiger partial charge in [-0.2, -0.15) is 0 Å². The van der Waals surface area contributed by atoms with Gasteiger partial charge >= 0.3 is 11.9 Å². The number of alkyl halides is 1. The first kappa shape index (κ1) is 15.4. The van der Waals surface area contributed by atoms with Crippen LogP contribution in [0.3, 0.4) is 0 Å². The molecule has 0 aromatic heterocycles. The molecular formula is C13H13BrO5. The van der Waals surface area contributed by atoms with Gasteiger partial charge in [-0.15, -0.1) is 0 Å². The third-order valence-corrected chi connectivity index (χ3v) is 2.50. The molecule has 0 saturated heterocycles. The van der Waals surface area contributed by atoms with Gasteiger partial charge in [0.15, 0.2) is 0 Å². The highest BCUT2D eigenvalue weighted by atomic mass is 79.9. The summed E-state index contributed by atoms with van der Waals surface area (Å²) in [4.78, 5) is 34.0. The fourth-order valence-electron chi connectivity index (χ4n) is 1.21. The number of benzene rings is 1. The van der Waals surface area contributed by atoms with Crippen LogP contribution in [0.5, 0.6) is 0 Å². The zero-order chi connectivity index (χ0) is 14.1. The highest BCUT2D eigenvalue weighted by Crippen LogP contribution is 2.01. The molecule has 1 aromatic carbocycles. The van der Waals surface area contributed by atoms with Crippen LogP contribution in [0.15, 0.2) is 30.3 Å². The van der Waals surface area contributed by atoms with Crippen molar-refractivity contribution >= 4 is 33.7 Å². The van der Waals surface area contributed by atoms with Crippen LogP contribution >= 0.6 is 15.9 Å². The lowest BCUT2D eigenvalue weighted by Crippen LogP contribution is -2.20. The van der Waals surface area contributed by atoms with Crippen LogP contribution in [0.4, 0.5) is 0 Å². The molecule has 6 heteroatoms. The molecule has 102 valence electrons. The van der Waals surface area contributed by atoms with Crippen LogP contribution in [0.1, 0.15) is 16.8 Å². The maximum atomic E-state index is 11.6. The number of hydrogen-bond donors (Lipinski definition) is 0. The molecule has 1 aromatic rings. The molecular weight excluding hydrogens is 316 g/mol. The maximum Gasteiger partial charge on any atom is 0.379 e. The second kappa shape index (κ2) is 8.42. The summed E-state index contributed by atoms with van der Waals surface area (Å²) in [6.07, 6.45) is 0.247. The summed E-state index contributed by atoms with van der Waals surface area (Å²) in [6.45, 7) is -0.189. The number of carbonyl (C=O) groups excluding carboxylic acids is 3. The minimum absolute atomic E-state index is 0.0559. The Hall–Kier alpha value is -1.69. The van der Waals surface area contributed by atoms with Crippen molar-refractivity contribution in [1.29, 1.82) is 0 Å². The number of esters is 2. The van der Waals surface area contributed by atoms with Crippen LogP contribution in [-0.2, 0) is 19.1 Å². The van der Waals surface area contributed by atoms with Crippen LogP contribution in [-0.4, -0.2) is 36.3 Å². The molecule has 19 heavy (non-hydrogen) atoms. The zero-order valence-electron chi connectivity index (χ0n) is 10.1. The van der Waals surface area contributed by atoms with Crippen molar-refractivity contribution in [3.05, 3.63) is 35.9 Å². The number of ketones is 1. The largest absolute Gasteiger partial charge is 0.462 e. The number of halogens is 1. The molecule has 5 nitrogen and oxygen atoms in total. The Bertz CT molecular complexity index is 444. The summed E-state index contributed by atoms with van der Waals surface area (Å²) in [6, 6.07) is 8.11. The molecule has 0 fully saturated rings. The predicted octanol–water partition coefficient (Wildman–Crippen LogP) is 1.74. The van der Waals surface area contributed by atoms with Crippen molar-refractivity contribution < 1.29 is 23.9 Å². The summed E-state index contributed by atoms with van der Waals surface area (Å²) in [5, 5.41) is 0.512. The van der Waals surface area contributed by atoms with Crippen molar-refractivity contribution in [3.63, 3.8) is 0 Å². The SMILES string of the molecule is O=C(CCBr)OCCOC(=O)C(=O)c1ccccc1. The average Bonchev–Trinajstić information content (AvgIpc) is 2.44. The van der Waals surface area contributed by atoms with E-state index in [0.29, 0.717) is 5.33 Å². The van der Waals surface area contributed by atoms with Crippen molar-refractivity contribution in [2.45, 2.75) is 6.42 Å². The molecule has 0 aliphatic rings. The zero-order valence-corrected chi connectivity index (χ0v) is 11.7. The van der Waals surface area contributed by atoms with Gasteiger partial charge in [-0.1, -0.05) is 46.3 Å². The Balaban J connectivity index is 2.28. The van der Waals surface area contributed by atoms with E-state index in [1.165, 1.54) is 12.1 Å². The summed E-state index contributed by atoms with van der Waals surface area (Å²) in [5.74, 6) is -2.06. The standard InChI is InChI=1S/C13H13BrO5/c14-7-6-11(15)18-8-9-19-13(17)12(16)10-4-2-1-3-5-10/h1-5H,6-9H2. The van der Waals surface area contributed by atoms with E-state index in [4.69, 9.17) is 9.47 Å². The van der Waals surface area contributed by atoms with Crippen molar-refractivity contribution in [2.75, 3.05) is 18.5 Å². The molecule has 0 amide bonds. The van der Waals surface area contributed by atoms with Crippen LogP contribution in [0.25, 0.3) is 0 Å². The van der Waals surface area contributed by atoms with Gasteiger partial charge in [-0.25, -0.2) is 4.79 Å². The van der Waals surface area contributed by atoms with E-state index in [-0.39, 0.29) is 31.2 Å². The van der Waals surface area contributed by atoms with E-state index in [1.54, 1.807) is 18.2 Å². The van der Waals surface area contributed by atoms with Gasteiger partial charge in [-0.3, -0.25) is 9.59 Å². The molecule has 0 saturated carbocycles. The quantitative estimate of drug-likeness (QED) is 0.251. The van der Waals surface area contributed by atoms with Crippen LogP contribution < -0.4 is 0 Å². The smallest absolute Gasteiger partial charge is 0.379 e. The lowest BCUT2D eigenvalue weighted by Gasteiger charge is -2.05. The van der Waals surface area contributed by atoms with Gasteiger partial charge < -0.3 is 9.47 Å². The molecule has 1 rings (SSSR count). The maximum absolute atomic E-state index is 11.6. The monoisotopic (exact) mass is 328 g/mol. The van der Waals surface area contributed by atoms with Gasteiger partial charge in [0.25, 0.3) is 5.78 Å². The summed E-state index contributed by atoms with van der Waals surface area (Å²) in [7, 11) is 0. The normalized spacial score (nSPS) is 9.74. The first-order chi connectivity index (χ1) is 9.15. The van der Waals surface area contributed by atoms with Gasteiger partial charge in [0, 0.05) is 10.9 Å². The molecule has 0 bridgehead atoms. The molecule has 0 heterocycles. The number of rotatable bonds is 7. The highest BCUT2D eigenvalue weighted by Gasteiger charge is 2.17. The molecule has 0 aliphatic heterocycles. The minimum Gasteiger partial charge on any atom is -0.462 e. The Kier molecular flexibility index (Phi) is 6.81. The third kappa shape index (κ3) is 5.65. The number of Topliss-reactive ketones (excluding diaryl/α,β-unsaturated/α-hetero) is 1. The van der Waals surface area contributed by atoms with Gasteiger partial charge in [0.1, 0.15) is 13.2 Å². The lowest BCUT2D eigenvalue weighted by molar-refractivity contribution is -0.149. The molecule has 0 unspecified atom stereocenters. The van der Waals surface area contributed by atoms with Gasteiger partial charge in [0.05, 0.1) is 6.42 Å². The van der Waals surface area contributed by atoms with E-state index in [0.717, 1.165) is 0 Å². The van der Waals surface area contributed by atoms with E-state index in [9.17, 15) is 14.4 Å². The fraction of sp³-hybridized carbons (Fsp3) is 0.308. The third-order valence-electron chi connectivity index (χ3n) is 2.10. The van der Waals surface area contributed by atoms with Crippen molar-refractivity contribution in [1.82, 2.24) is 0 Å².